The number of aliphatic hydroxyl groups excluding tert-OH is 1. The third-order valence-electron chi connectivity index (χ3n) is 3.07. The van der Waals surface area contributed by atoms with Crippen LogP contribution < -0.4 is 5.32 Å². The van der Waals surface area contributed by atoms with E-state index in [1.54, 1.807) is 38.4 Å². The van der Waals surface area contributed by atoms with E-state index in [-0.39, 0.29) is 12.5 Å². The number of carbonyl (C=O) groups excluding carboxylic acids is 1. The van der Waals surface area contributed by atoms with Gasteiger partial charge in [-0.3, -0.25) is 4.79 Å². The van der Waals surface area contributed by atoms with Gasteiger partial charge in [0.15, 0.2) is 0 Å². The van der Waals surface area contributed by atoms with E-state index in [9.17, 15) is 4.79 Å². The average Bonchev–Trinajstić information content (AvgIpc) is 2.94. The molecule has 1 aromatic carbocycles. The molecule has 0 bridgehead atoms. The molecule has 21 heavy (non-hydrogen) atoms. The molecular weight excluding hydrogens is 290 g/mol. The van der Waals surface area contributed by atoms with Gasteiger partial charge in [-0.1, -0.05) is 17.7 Å². The quantitative estimate of drug-likeness (QED) is 0.795. The summed E-state index contributed by atoms with van der Waals surface area (Å²) in [7, 11) is 3.42. The van der Waals surface area contributed by atoms with Crippen LogP contribution in [0.2, 0.25) is 5.02 Å². The van der Waals surface area contributed by atoms with E-state index in [1.807, 2.05) is 6.07 Å². The molecule has 0 unspecified atom stereocenters. The van der Waals surface area contributed by atoms with Gasteiger partial charge in [-0.15, -0.1) is 0 Å². The van der Waals surface area contributed by atoms with Crippen molar-refractivity contribution in [2.24, 2.45) is 0 Å². The molecule has 0 saturated heterocycles. The Bertz CT molecular complexity index is 638. The van der Waals surface area contributed by atoms with Crippen molar-refractivity contribution in [3.8, 4) is 0 Å². The number of aromatic nitrogens is 1. The summed E-state index contributed by atoms with van der Waals surface area (Å²) < 4.78 is 0. The second kappa shape index (κ2) is 6.65. The molecule has 112 valence electrons. The van der Waals surface area contributed by atoms with Crippen molar-refractivity contribution < 1.29 is 9.90 Å². The summed E-state index contributed by atoms with van der Waals surface area (Å²) in [5.41, 5.74) is 2.97. The summed E-state index contributed by atoms with van der Waals surface area (Å²) in [6.45, 7) is 0.477. The van der Waals surface area contributed by atoms with Gasteiger partial charge in [-0.25, -0.2) is 0 Å². The van der Waals surface area contributed by atoms with Crippen LogP contribution >= 0.6 is 11.6 Å². The Morgan fingerprint density at radius 1 is 1.33 bits per heavy atom. The summed E-state index contributed by atoms with van der Waals surface area (Å²) in [5, 5.41) is 12.9. The maximum atomic E-state index is 11.8. The van der Waals surface area contributed by atoms with E-state index >= 15 is 0 Å². The number of hydrogen-bond acceptors (Lipinski definition) is 3. The van der Waals surface area contributed by atoms with Crippen LogP contribution in [0.1, 0.15) is 21.7 Å². The normalized spacial score (nSPS) is 10.5. The molecule has 0 spiro atoms. The number of nitrogens with zero attached hydrogens (tertiary/aromatic N) is 1. The van der Waals surface area contributed by atoms with E-state index in [4.69, 9.17) is 16.7 Å². The number of carbonyl (C=O) groups is 1. The number of nitrogens with one attached hydrogen (secondary N) is 2. The van der Waals surface area contributed by atoms with Gasteiger partial charge in [0.25, 0.3) is 5.91 Å². The number of H-pyrrole nitrogens is 1. The molecule has 0 aliphatic heterocycles. The van der Waals surface area contributed by atoms with Crippen LogP contribution in [0, 0.1) is 0 Å². The topological polar surface area (TPSA) is 68.4 Å². The molecule has 2 aromatic rings. The molecule has 0 radical (unpaired) electrons. The van der Waals surface area contributed by atoms with E-state index < -0.39 is 0 Å². The largest absolute Gasteiger partial charge is 0.392 e. The van der Waals surface area contributed by atoms with Crippen LogP contribution in [0.5, 0.6) is 0 Å². The second-order valence-electron chi connectivity index (χ2n) is 4.92. The van der Waals surface area contributed by atoms with Crippen molar-refractivity contribution in [3.63, 3.8) is 0 Å². The molecule has 0 atom stereocenters. The van der Waals surface area contributed by atoms with Gasteiger partial charge in [0.2, 0.25) is 0 Å². The van der Waals surface area contributed by atoms with Crippen LogP contribution in [0.3, 0.4) is 0 Å². The average molecular weight is 308 g/mol. The lowest BCUT2D eigenvalue weighted by Crippen LogP contribution is -2.22. The first kappa shape index (κ1) is 15.4. The van der Waals surface area contributed by atoms with E-state index in [2.05, 4.69) is 10.3 Å². The van der Waals surface area contributed by atoms with Crippen LogP contribution in [-0.2, 0) is 13.2 Å². The Hall–Kier alpha value is -1.98. The fourth-order valence-electron chi connectivity index (χ4n) is 1.91. The van der Waals surface area contributed by atoms with Crippen LogP contribution in [0.15, 0.2) is 30.3 Å². The molecule has 1 aromatic heterocycles. The highest BCUT2D eigenvalue weighted by atomic mass is 35.5. The molecule has 0 fully saturated rings. The third-order valence-corrected chi connectivity index (χ3v) is 3.40. The number of hydrogen-bond donors (Lipinski definition) is 3. The third kappa shape index (κ3) is 3.77. The Kier molecular flexibility index (Phi) is 4.88. The first-order chi connectivity index (χ1) is 10.0. The van der Waals surface area contributed by atoms with Crippen LogP contribution in [-0.4, -0.2) is 35.0 Å². The first-order valence-electron chi connectivity index (χ1n) is 6.54. The predicted molar refractivity (Wildman–Crippen MR) is 83.5 cm³/mol. The zero-order chi connectivity index (χ0) is 15.4. The van der Waals surface area contributed by atoms with E-state index in [0.717, 1.165) is 16.9 Å². The van der Waals surface area contributed by atoms with Crippen molar-refractivity contribution in [2.75, 3.05) is 19.4 Å². The van der Waals surface area contributed by atoms with Crippen LogP contribution in [0.4, 0.5) is 5.69 Å². The van der Waals surface area contributed by atoms with Crippen molar-refractivity contribution >= 4 is 23.2 Å². The molecule has 1 amide bonds. The number of rotatable bonds is 5. The number of aliphatic hydroxyl groups is 1. The van der Waals surface area contributed by atoms with Gasteiger partial charge in [-0.05, 0) is 29.8 Å². The zero-order valence-electron chi connectivity index (χ0n) is 12.0. The minimum Gasteiger partial charge on any atom is -0.392 e. The summed E-state index contributed by atoms with van der Waals surface area (Å²) in [6, 6.07) is 8.93. The predicted octanol–water partition coefficient (Wildman–Crippen LogP) is 2.47. The molecule has 0 saturated carbocycles. The Balaban J connectivity index is 2.05. The van der Waals surface area contributed by atoms with Gasteiger partial charge < -0.3 is 20.3 Å². The molecule has 2 rings (SSSR count). The maximum absolute atomic E-state index is 11.8. The fraction of sp³-hybridized carbons (Fsp3) is 0.267. The molecule has 5 nitrogen and oxygen atoms in total. The lowest BCUT2D eigenvalue weighted by Gasteiger charge is -2.10. The van der Waals surface area contributed by atoms with E-state index in [1.165, 1.54) is 4.90 Å². The van der Waals surface area contributed by atoms with E-state index in [0.29, 0.717) is 17.3 Å². The lowest BCUT2D eigenvalue weighted by atomic mass is 10.2. The van der Waals surface area contributed by atoms with Crippen molar-refractivity contribution in [1.82, 2.24) is 9.88 Å². The molecule has 3 N–H and O–H groups in total. The summed E-state index contributed by atoms with van der Waals surface area (Å²) in [5.74, 6) is -0.0680. The molecule has 6 heteroatoms. The Morgan fingerprint density at radius 2 is 2.10 bits per heavy atom. The van der Waals surface area contributed by atoms with Crippen LogP contribution in [0.25, 0.3) is 0 Å². The zero-order valence-corrected chi connectivity index (χ0v) is 12.7. The summed E-state index contributed by atoms with van der Waals surface area (Å²) in [4.78, 5) is 16.4. The van der Waals surface area contributed by atoms with Crippen molar-refractivity contribution in [1.29, 1.82) is 0 Å². The Labute approximate surface area is 128 Å². The second-order valence-corrected chi connectivity index (χ2v) is 5.33. The lowest BCUT2D eigenvalue weighted by molar-refractivity contribution is 0.0822. The molecule has 0 aliphatic carbocycles. The fourth-order valence-corrected chi connectivity index (χ4v) is 2.09. The minimum absolute atomic E-state index is 0.0319. The number of aromatic amines is 1. The summed E-state index contributed by atoms with van der Waals surface area (Å²) >= 11 is 6.10. The highest BCUT2D eigenvalue weighted by molar-refractivity contribution is 6.33. The van der Waals surface area contributed by atoms with Gasteiger partial charge >= 0.3 is 0 Å². The van der Waals surface area contributed by atoms with Gasteiger partial charge in [0.1, 0.15) is 5.69 Å². The number of halogens is 1. The standard InChI is InChI=1S/C15H18ClN3O2/c1-19(2)15(21)13-6-4-11(18-13)8-17-14-7-10(9-20)3-5-12(14)16/h3-7,17-18,20H,8-9H2,1-2H3. The van der Waals surface area contributed by atoms with Crippen molar-refractivity contribution in [3.05, 3.63) is 52.3 Å². The number of amides is 1. The molecular formula is C15H18ClN3O2. The smallest absolute Gasteiger partial charge is 0.269 e. The summed E-state index contributed by atoms with van der Waals surface area (Å²) in [6.07, 6.45) is 0. The van der Waals surface area contributed by atoms with Gasteiger partial charge in [0, 0.05) is 19.8 Å². The first-order valence-corrected chi connectivity index (χ1v) is 6.91. The maximum Gasteiger partial charge on any atom is 0.269 e. The van der Waals surface area contributed by atoms with Crippen molar-refractivity contribution in [2.45, 2.75) is 13.2 Å². The number of anilines is 1. The number of benzene rings is 1. The van der Waals surface area contributed by atoms with Gasteiger partial charge in [0.05, 0.1) is 23.9 Å². The highest BCUT2D eigenvalue weighted by Crippen LogP contribution is 2.23. The molecule has 1 heterocycles. The minimum atomic E-state index is -0.0680. The SMILES string of the molecule is CN(C)C(=O)c1ccc(CNc2cc(CO)ccc2Cl)[nH]1. The highest BCUT2D eigenvalue weighted by Gasteiger charge is 2.10. The Morgan fingerprint density at radius 3 is 2.76 bits per heavy atom. The van der Waals surface area contributed by atoms with Gasteiger partial charge in [-0.2, -0.15) is 0 Å². The molecule has 0 aliphatic rings. The monoisotopic (exact) mass is 307 g/mol.